The maximum absolute atomic E-state index is 11.8. The average molecular weight is 301 g/mol. The van der Waals surface area contributed by atoms with Crippen molar-refractivity contribution in [2.45, 2.75) is 13.3 Å². The Hall–Kier alpha value is -2.15. The van der Waals surface area contributed by atoms with Crippen LogP contribution in [0.25, 0.3) is 0 Å². The molecule has 1 aromatic rings. The zero-order chi connectivity index (χ0) is 15.1. The minimum atomic E-state index is -0.638. The molecule has 0 aromatic heterocycles. The fourth-order valence-corrected chi connectivity index (χ4v) is 1.65. The molecule has 0 heterocycles. The van der Waals surface area contributed by atoms with E-state index in [1.807, 2.05) is 0 Å². The van der Waals surface area contributed by atoms with Gasteiger partial charge in [0, 0.05) is 29.3 Å². The molecule has 0 saturated carbocycles. The molecule has 1 rings (SSSR count). The van der Waals surface area contributed by atoms with Crippen LogP contribution < -0.4 is 5.32 Å². The standard InChI is InChI=1S/C12H13ClN2O5/c1-2-20-11(16)3-4-14-12(17)8-5-9(13)7-10(6-8)15(18)19/h5-7H,2-4H2,1H3,(H,14,17). The van der Waals surface area contributed by atoms with Crippen molar-refractivity contribution in [2.24, 2.45) is 0 Å². The van der Waals surface area contributed by atoms with Crippen LogP contribution in [0.4, 0.5) is 5.69 Å². The van der Waals surface area contributed by atoms with Crippen LogP contribution in [-0.4, -0.2) is 30.0 Å². The molecule has 8 heteroatoms. The van der Waals surface area contributed by atoms with E-state index in [2.05, 4.69) is 5.32 Å². The summed E-state index contributed by atoms with van der Waals surface area (Å²) in [6.45, 7) is 2.03. The molecule has 0 bridgehead atoms. The highest BCUT2D eigenvalue weighted by Gasteiger charge is 2.14. The molecule has 1 amide bonds. The smallest absolute Gasteiger partial charge is 0.307 e. The van der Waals surface area contributed by atoms with Crippen LogP contribution in [0.2, 0.25) is 5.02 Å². The van der Waals surface area contributed by atoms with Crippen molar-refractivity contribution < 1.29 is 19.2 Å². The monoisotopic (exact) mass is 300 g/mol. The molecular formula is C12H13ClN2O5. The Morgan fingerprint density at radius 1 is 1.40 bits per heavy atom. The zero-order valence-electron chi connectivity index (χ0n) is 10.7. The summed E-state index contributed by atoms with van der Waals surface area (Å²) in [7, 11) is 0. The highest BCUT2D eigenvalue weighted by Crippen LogP contribution is 2.20. The Balaban J connectivity index is 2.64. The summed E-state index contributed by atoms with van der Waals surface area (Å²) in [6, 6.07) is 3.58. The number of halogens is 1. The number of non-ortho nitro benzene ring substituents is 1. The summed E-state index contributed by atoms with van der Waals surface area (Å²) < 4.78 is 4.70. The van der Waals surface area contributed by atoms with Crippen LogP contribution in [0.3, 0.4) is 0 Å². The molecule has 7 nitrogen and oxygen atoms in total. The molecule has 0 radical (unpaired) electrons. The van der Waals surface area contributed by atoms with E-state index in [1.165, 1.54) is 6.07 Å². The first-order chi connectivity index (χ1) is 9.43. The molecule has 0 saturated heterocycles. The average Bonchev–Trinajstić information content (AvgIpc) is 2.38. The van der Waals surface area contributed by atoms with Crippen LogP contribution in [-0.2, 0) is 9.53 Å². The second-order valence-corrected chi connectivity index (χ2v) is 4.20. The van der Waals surface area contributed by atoms with Crippen molar-refractivity contribution in [3.05, 3.63) is 38.9 Å². The van der Waals surface area contributed by atoms with Crippen molar-refractivity contribution in [3.63, 3.8) is 0 Å². The normalized spacial score (nSPS) is 9.90. The van der Waals surface area contributed by atoms with E-state index in [4.69, 9.17) is 16.3 Å². The second-order valence-electron chi connectivity index (χ2n) is 3.77. The van der Waals surface area contributed by atoms with Gasteiger partial charge in [0.05, 0.1) is 18.0 Å². The number of nitrogens with zero attached hydrogens (tertiary/aromatic N) is 1. The summed E-state index contributed by atoms with van der Waals surface area (Å²) in [5.41, 5.74) is -0.207. The number of esters is 1. The number of nitro benzene ring substituents is 1. The molecule has 0 aliphatic carbocycles. The number of ether oxygens (including phenoxy) is 1. The topological polar surface area (TPSA) is 98.5 Å². The van der Waals surface area contributed by atoms with Gasteiger partial charge in [-0.05, 0) is 13.0 Å². The number of hydrogen-bond donors (Lipinski definition) is 1. The lowest BCUT2D eigenvalue weighted by atomic mass is 10.2. The fraction of sp³-hybridized carbons (Fsp3) is 0.333. The number of carbonyl (C=O) groups is 2. The molecule has 0 fully saturated rings. The Morgan fingerprint density at radius 3 is 2.70 bits per heavy atom. The van der Waals surface area contributed by atoms with E-state index in [0.29, 0.717) is 0 Å². The fourth-order valence-electron chi connectivity index (χ4n) is 1.42. The van der Waals surface area contributed by atoms with Crippen LogP contribution >= 0.6 is 11.6 Å². The van der Waals surface area contributed by atoms with Crippen LogP contribution in [0.1, 0.15) is 23.7 Å². The number of rotatable bonds is 6. The molecular weight excluding hydrogens is 288 g/mol. The lowest BCUT2D eigenvalue weighted by Crippen LogP contribution is -2.26. The van der Waals surface area contributed by atoms with E-state index < -0.39 is 16.8 Å². The SMILES string of the molecule is CCOC(=O)CCNC(=O)c1cc(Cl)cc([N+](=O)[O-])c1. The van der Waals surface area contributed by atoms with Crippen molar-refractivity contribution in [1.29, 1.82) is 0 Å². The van der Waals surface area contributed by atoms with Crippen molar-refractivity contribution in [2.75, 3.05) is 13.2 Å². The van der Waals surface area contributed by atoms with Gasteiger partial charge in [-0.2, -0.15) is 0 Å². The maximum Gasteiger partial charge on any atom is 0.307 e. The van der Waals surface area contributed by atoms with E-state index in [1.54, 1.807) is 6.92 Å². The number of carbonyl (C=O) groups excluding carboxylic acids is 2. The Morgan fingerprint density at radius 2 is 2.10 bits per heavy atom. The van der Waals surface area contributed by atoms with E-state index in [0.717, 1.165) is 12.1 Å². The third kappa shape index (κ3) is 4.85. The zero-order valence-corrected chi connectivity index (χ0v) is 11.5. The summed E-state index contributed by atoms with van der Waals surface area (Å²) >= 11 is 5.71. The van der Waals surface area contributed by atoms with E-state index >= 15 is 0 Å². The van der Waals surface area contributed by atoms with Gasteiger partial charge in [-0.25, -0.2) is 0 Å². The van der Waals surface area contributed by atoms with Crippen LogP contribution in [0, 0.1) is 10.1 Å². The number of nitrogens with one attached hydrogen (secondary N) is 1. The molecule has 0 aliphatic rings. The Kier molecular flexibility index (Phi) is 5.92. The third-order valence-corrected chi connectivity index (χ3v) is 2.49. The summed E-state index contributed by atoms with van der Waals surface area (Å²) in [5.74, 6) is -0.968. The first kappa shape index (κ1) is 15.9. The largest absolute Gasteiger partial charge is 0.466 e. The molecule has 0 spiro atoms. The Labute approximate surface area is 120 Å². The lowest BCUT2D eigenvalue weighted by molar-refractivity contribution is -0.384. The quantitative estimate of drug-likeness (QED) is 0.491. The summed E-state index contributed by atoms with van der Waals surface area (Å²) in [4.78, 5) is 32.9. The molecule has 108 valence electrons. The van der Waals surface area contributed by atoms with Crippen molar-refractivity contribution in [1.82, 2.24) is 5.32 Å². The number of nitro groups is 1. The first-order valence-corrected chi connectivity index (χ1v) is 6.20. The molecule has 20 heavy (non-hydrogen) atoms. The third-order valence-electron chi connectivity index (χ3n) is 2.28. The Bertz CT molecular complexity index is 533. The number of amides is 1. The van der Waals surface area contributed by atoms with Gasteiger partial charge in [0.15, 0.2) is 0 Å². The molecule has 0 aliphatic heterocycles. The summed E-state index contributed by atoms with van der Waals surface area (Å²) in [6.07, 6.45) is 0.0300. The molecule has 0 unspecified atom stereocenters. The first-order valence-electron chi connectivity index (χ1n) is 5.83. The van der Waals surface area contributed by atoms with Crippen LogP contribution in [0.5, 0.6) is 0 Å². The predicted molar refractivity (Wildman–Crippen MR) is 71.7 cm³/mol. The summed E-state index contributed by atoms with van der Waals surface area (Å²) in [5, 5.41) is 13.2. The van der Waals surface area contributed by atoms with Crippen molar-refractivity contribution in [3.8, 4) is 0 Å². The number of benzene rings is 1. The van der Waals surface area contributed by atoms with Gasteiger partial charge in [-0.3, -0.25) is 19.7 Å². The minimum Gasteiger partial charge on any atom is -0.466 e. The van der Waals surface area contributed by atoms with Gasteiger partial charge in [-0.15, -0.1) is 0 Å². The van der Waals surface area contributed by atoms with Gasteiger partial charge in [-0.1, -0.05) is 11.6 Å². The highest BCUT2D eigenvalue weighted by atomic mass is 35.5. The predicted octanol–water partition coefficient (Wildman–Crippen LogP) is 1.93. The van der Waals surface area contributed by atoms with Gasteiger partial charge in [0.1, 0.15) is 0 Å². The van der Waals surface area contributed by atoms with E-state index in [9.17, 15) is 19.7 Å². The van der Waals surface area contributed by atoms with Crippen LogP contribution in [0.15, 0.2) is 18.2 Å². The highest BCUT2D eigenvalue weighted by molar-refractivity contribution is 6.31. The van der Waals surface area contributed by atoms with Gasteiger partial charge in [0.2, 0.25) is 0 Å². The van der Waals surface area contributed by atoms with Gasteiger partial charge in [0.25, 0.3) is 11.6 Å². The number of hydrogen-bond acceptors (Lipinski definition) is 5. The minimum absolute atomic E-state index is 0.0300. The van der Waals surface area contributed by atoms with Gasteiger partial charge < -0.3 is 10.1 Å². The van der Waals surface area contributed by atoms with E-state index in [-0.39, 0.29) is 35.8 Å². The molecule has 0 atom stereocenters. The molecule has 1 aromatic carbocycles. The molecule has 1 N–H and O–H groups in total. The van der Waals surface area contributed by atoms with Crippen molar-refractivity contribution >= 4 is 29.2 Å². The lowest BCUT2D eigenvalue weighted by Gasteiger charge is -2.05. The second kappa shape index (κ2) is 7.44. The van der Waals surface area contributed by atoms with Gasteiger partial charge >= 0.3 is 5.97 Å². The maximum atomic E-state index is 11.8.